The van der Waals surface area contributed by atoms with Crippen molar-refractivity contribution in [2.24, 2.45) is 0 Å². The Balaban J connectivity index is 1.54. The van der Waals surface area contributed by atoms with Gasteiger partial charge in [0.25, 0.3) is 0 Å². The number of benzene rings is 2. The van der Waals surface area contributed by atoms with Gasteiger partial charge in [0.15, 0.2) is 0 Å². The Labute approximate surface area is 137 Å². The molecule has 0 radical (unpaired) electrons. The molecule has 0 amide bonds. The van der Waals surface area contributed by atoms with Crippen molar-refractivity contribution < 1.29 is 0 Å². The average molecular weight is 306 g/mol. The highest BCUT2D eigenvalue weighted by atomic mass is 15.3. The maximum absolute atomic E-state index is 4.13. The molecule has 4 heteroatoms. The normalized spacial score (nSPS) is 12.3. The fraction of sp³-hybridized carbons (Fsp3) is 0.263. The van der Waals surface area contributed by atoms with Crippen molar-refractivity contribution in [1.29, 1.82) is 0 Å². The molecule has 0 saturated heterocycles. The van der Waals surface area contributed by atoms with Crippen LogP contribution in [0.1, 0.15) is 35.2 Å². The van der Waals surface area contributed by atoms with Gasteiger partial charge in [-0.25, -0.2) is 9.67 Å². The molecule has 0 bridgehead atoms. The number of nitrogens with one attached hydrogen (secondary N) is 1. The molecule has 118 valence electrons. The Morgan fingerprint density at radius 2 is 1.70 bits per heavy atom. The summed E-state index contributed by atoms with van der Waals surface area (Å²) in [5, 5.41) is 7.70. The van der Waals surface area contributed by atoms with E-state index >= 15 is 0 Å². The lowest BCUT2D eigenvalue weighted by Crippen LogP contribution is -2.18. The summed E-state index contributed by atoms with van der Waals surface area (Å²) in [6.07, 6.45) is 3.30. The minimum Gasteiger partial charge on any atom is -0.306 e. The molecule has 3 rings (SSSR count). The van der Waals surface area contributed by atoms with Gasteiger partial charge in [-0.3, -0.25) is 0 Å². The van der Waals surface area contributed by atoms with Crippen LogP contribution in [0.2, 0.25) is 0 Å². The van der Waals surface area contributed by atoms with Gasteiger partial charge in [-0.05, 0) is 30.5 Å². The van der Waals surface area contributed by atoms with Crippen LogP contribution in [-0.2, 0) is 13.1 Å². The van der Waals surface area contributed by atoms with Crippen molar-refractivity contribution in [3.63, 3.8) is 0 Å². The minimum atomic E-state index is 0.338. The number of hydrogen-bond acceptors (Lipinski definition) is 3. The van der Waals surface area contributed by atoms with Crippen LogP contribution in [0, 0.1) is 6.92 Å². The second-order valence-corrected chi connectivity index (χ2v) is 5.92. The van der Waals surface area contributed by atoms with Gasteiger partial charge >= 0.3 is 0 Å². The summed E-state index contributed by atoms with van der Waals surface area (Å²) in [5.41, 5.74) is 5.12. The van der Waals surface area contributed by atoms with E-state index in [9.17, 15) is 0 Å². The molecule has 3 aromatic rings. The van der Waals surface area contributed by atoms with Crippen LogP contribution in [-0.4, -0.2) is 14.8 Å². The van der Waals surface area contributed by atoms with E-state index in [1.165, 1.54) is 22.3 Å². The first kappa shape index (κ1) is 15.4. The summed E-state index contributed by atoms with van der Waals surface area (Å²) in [5.74, 6) is 0. The van der Waals surface area contributed by atoms with Gasteiger partial charge in [-0.15, -0.1) is 0 Å². The third kappa shape index (κ3) is 4.27. The van der Waals surface area contributed by atoms with Gasteiger partial charge in [0.1, 0.15) is 12.7 Å². The molecular weight excluding hydrogens is 284 g/mol. The van der Waals surface area contributed by atoms with Crippen molar-refractivity contribution in [2.75, 3.05) is 0 Å². The topological polar surface area (TPSA) is 42.7 Å². The van der Waals surface area contributed by atoms with E-state index in [0.717, 1.165) is 13.1 Å². The van der Waals surface area contributed by atoms with E-state index in [4.69, 9.17) is 0 Å². The Morgan fingerprint density at radius 1 is 1.00 bits per heavy atom. The summed E-state index contributed by atoms with van der Waals surface area (Å²) in [6, 6.07) is 17.7. The number of hydrogen-bond donors (Lipinski definition) is 1. The van der Waals surface area contributed by atoms with Gasteiger partial charge in [0, 0.05) is 12.6 Å². The van der Waals surface area contributed by atoms with Gasteiger partial charge in [-0.1, -0.05) is 54.1 Å². The van der Waals surface area contributed by atoms with Gasteiger partial charge in [-0.2, -0.15) is 5.10 Å². The molecule has 0 aliphatic heterocycles. The first-order valence-corrected chi connectivity index (χ1v) is 7.91. The number of rotatable bonds is 6. The van der Waals surface area contributed by atoms with Crippen molar-refractivity contribution in [1.82, 2.24) is 20.1 Å². The standard InChI is InChI=1S/C19H22N4/c1-15-3-9-19(10-4-15)16(2)21-11-17-5-7-18(8-6-17)12-23-14-20-13-22-23/h3-10,13-14,16,21H,11-12H2,1-2H3/t16-/m1/s1. The third-order valence-electron chi connectivity index (χ3n) is 4.02. The molecule has 0 saturated carbocycles. The molecule has 1 aromatic heterocycles. The van der Waals surface area contributed by atoms with Crippen LogP contribution >= 0.6 is 0 Å². The highest BCUT2D eigenvalue weighted by molar-refractivity contribution is 5.25. The van der Waals surface area contributed by atoms with Crippen molar-refractivity contribution >= 4 is 0 Å². The van der Waals surface area contributed by atoms with E-state index < -0.39 is 0 Å². The molecule has 4 nitrogen and oxygen atoms in total. The minimum absolute atomic E-state index is 0.338. The predicted octanol–water partition coefficient (Wildman–Crippen LogP) is 3.49. The zero-order valence-electron chi connectivity index (χ0n) is 13.6. The predicted molar refractivity (Wildman–Crippen MR) is 92.0 cm³/mol. The molecule has 0 aliphatic rings. The van der Waals surface area contributed by atoms with Crippen molar-refractivity contribution in [2.45, 2.75) is 33.0 Å². The first-order chi connectivity index (χ1) is 11.2. The molecule has 0 spiro atoms. The summed E-state index contributed by atoms with van der Waals surface area (Å²) in [6.45, 7) is 5.93. The lowest BCUT2D eigenvalue weighted by Gasteiger charge is -2.15. The molecule has 0 aliphatic carbocycles. The van der Waals surface area contributed by atoms with E-state index in [0.29, 0.717) is 6.04 Å². The van der Waals surface area contributed by atoms with Crippen molar-refractivity contribution in [3.8, 4) is 0 Å². The van der Waals surface area contributed by atoms with Crippen LogP contribution in [0.25, 0.3) is 0 Å². The fourth-order valence-electron chi connectivity index (χ4n) is 2.51. The quantitative estimate of drug-likeness (QED) is 0.758. The van der Waals surface area contributed by atoms with E-state index in [-0.39, 0.29) is 0 Å². The highest BCUT2D eigenvalue weighted by Gasteiger charge is 2.04. The Morgan fingerprint density at radius 3 is 2.35 bits per heavy atom. The Bertz CT molecular complexity index is 715. The maximum Gasteiger partial charge on any atom is 0.137 e. The van der Waals surface area contributed by atoms with Crippen molar-refractivity contribution in [3.05, 3.63) is 83.4 Å². The van der Waals surface area contributed by atoms with Crippen LogP contribution in [0.5, 0.6) is 0 Å². The lowest BCUT2D eigenvalue weighted by molar-refractivity contribution is 0.574. The molecular formula is C19H22N4. The van der Waals surface area contributed by atoms with Crippen LogP contribution in [0.3, 0.4) is 0 Å². The Kier molecular flexibility index (Phi) is 4.83. The smallest absolute Gasteiger partial charge is 0.137 e. The summed E-state index contributed by atoms with van der Waals surface area (Å²) in [7, 11) is 0. The molecule has 0 unspecified atom stereocenters. The molecule has 2 aromatic carbocycles. The van der Waals surface area contributed by atoms with Gasteiger partial charge in [0.2, 0.25) is 0 Å². The second-order valence-electron chi connectivity index (χ2n) is 5.92. The second kappa shape index (κ2) is 7.20. The first-order valence-electron chi connectivity index (χ1n) is 7.91. The largest absolute Gasteiger partial charge is 0.306 e. The number of nitrogens with zero attached hydrogens (tertiary/aromatic N) is 3. The molecule has 23 heavy (non-hydrogen) atoms. The fourth-order valence-corrected chi connectivity index (χ4v) is 2.51. The zero-order valence-corrected chi connectivity index (χ0v) is 13.6. The van der Waals surface area contributed by atoms with Crippen LogP contribution in [0.15, 0.2) is 61.2 Å². The SMILES string of the molecule is Cc1ccc([C@@H](C)NCc2ccc(Cn3cncn3)cc2)cc1. The van der Waals surface area contributed by atoms with E-state index in [1.54, 1.807) is 12.7 Å². The van der Waals surface area contributed by atoms with Gasteiger partial charge in [0.05, 0.1) is 6.54 Å². The molecule has 1 atom stereocenters. The number of aryl methyl sites for hydroxylation is 1. The average Bonchev–Trinajstić information content (AvgIpc) is 3.07. The third-order valence-corrected chi connectivity index (χ3v) is 4.02. The maximum atomic E-state index is 4.13. The van der Waals surface area contributed by atoms with Crippen LogP contribution < -0.4 is 5.32 Å². The highest BCUT2D eigenvalue weighted by Crippen LogP contribution is 2.14. The number of aromatic nitrogens is 3. The monoisotopic (exact) mass is 306 g/mol. The summed E-state index contributed by atoms with van der Waals surface area (Å²) in [4.78, 5) is 3.96. The molecule has 1 N–H and O–H groups in total. The lowest BCUT2D eigenvalue weighted by atomic mass is 10.1. The van der Waals surface area contributed by atoms with E-state index in [1.807, 2.05) is 4.68 Å². The Hall–Kier alpha value is -2.46. The summed E-state index contributed by atoms with van der Waals surface area (Å²) < 4.78 is 1.83. The summed E-state index contributed by atoms with van der Waals surface area (Å²) >= 11 is 0. The van der Waals surface area contributed by atoms with Crippen LogP contribution in [0.4, 0.5) is 0 Å². The molecule has 1 heterocycles. The molecule has 0 fully saturated rings. The zero-order chi connectivity index (χ0) is 16.1. The van der Waals surface area contributed by atoms with E-state index in [2.05, 4.69) is 77.8 Å². The van der Waals surface area contributed by atoms with Gasteiger partial charge < -0.3 is 5.32 Å².